The number of fused-ring (bicyclic) bond motifs is 2. The van der Waals surface area contributed by atoms with Crippen LogP contribution in [0.3, 0.4) is 0 Å². The molecule has 0 fully saturated rings. The molecule has 4 aromatic carbocycles. The average molecular weight is 667 g/mol. The predicted molar refractivity (Wildman–Crippen MR) is 179 cm³/mol. The molecule has 0 saturated heterocycles. The second-order valence-corrected chi connectivity index (χ2v) is 12.4. The average Bonchev–Trinajstić information content (AvgIpc) is 3.61. The topological polar surface area (TPSA) is 109 Å². The highest BCUT2D eigenvalue weighted by molar-refractivity contribution is 6.31. The van der Waals surface area contributed by atoms with E-state index in [1.807, 2.05) is 12.1 Å². The van der Waals surface area contributed by atoms with Crippen LogP contribution in [0, 0.1) is 5.82 Å². The molecular weight excluding hydrogens is 635 g/mol. The number of anilines is 1. The SMILES string of the molecule is COC(=O)c1ccc(NC(=O)[C@H]2c3cccc(-c4ccc5c(c4)CCNC5)c3CCN2C(=O)[C@H]2CC(c3cccc(Cl)c3F)=NO2)cc1. The molecule has 3 aliphatic heterocycles. The fraction of sp³-hybridized carbons (Fsp3) is 0.243. The number of halogens is 2. The quantitative estimate of drug-likeness (QED) is 0.251. The Labute approximate surface area is 281 Å². The van der Waals surface area contributed by atoms with E-state index in [0.717, 1.165) is 36.2 Å². The van der Waals surface area contributed by atoms with Gasteiger partial charge in [0.2, 0.25) is 6.10 Å². The number of carbonyl (C=O) groups excluding carboxylic acids is 3. The number of nitrogens with zero attached hydrogens (tertiary/aromatic N) is 2. The molecule has 0 unspecified atom stereocenters. The highest BCUT2D eigenvalue weighted by Gasteiger charge is 2.42. The molecule has 0 bridgehead atoms. The maximum Gasteiger partial charge on any atom is 0.337 e. The molecule has 0 spiro atoms. The summed E-state index contributed by atoms with van der Waals surface area (Å²) in [6.45, 7) is 2.00. The minimum atomic E-state index is -1.05. The van der Waals surface area contributed by atoms with Crippen molar-refractivity contribution in [1.82, 2.24) is 10.2 Å². The molecule has 0 radical (unpaired) electrons. The van der Waals surface area contributed by atoms with Crippen molar-refractivity contribution < 1.29 is 28.3 Å². The van der Waals surface area contributed by atoms with Gasteiger partial charge in [-0.1, -0.05) is 59.2 Å². The van der Waals surface area contributed by atoms with E-state index in [-0.39, 0.29) is 29.3 Å². The molecule has 48 heavy (non-hydrogen) atoms. The number of oxime groups is 1. The van der Waals surface area contributed by atoms with Crippen molar-refractivity contribution in [3.63, 3.8) is 0 Å². The van der Waals surface area contributed by atoms with E-state index < -0.39 is 35.7 Å². The van der Waals surface area contributed by atoms with E-state index in [1.54, 1.807) is 30.3 Å². The van der Waals surface area contributed by atoms with Gasteiger partial charge in [-0.15, -0.1) is 0 Å². The summed E-state index contributed by atoms with van der Waals surface area (Å²) in [5.74, 6) is -1.99. The first-order chi connectivity index (χ1) is 23.3. The van der Waals surface area contributed by atoms with Gasteiger partial charge in [-0.05, 0) is 89.2 Å². The van der Waals surface area contributed by atoms with Crippen molar-refractivity contribution in [2.24, 2.45) is 5.16 Å². The number of hydrogen-bond donors (Lipinski definition) is 2. The number of hydrogen-bond acceptors (Lipinski definition) is 7. The Bertz CT molecular complexity index is 1960. The van der Waals surface area contributed by atoms with Crippen LogP contribution < -0.4 is 10.6 Å². The monoisotopic (exact) mass is 666 g/mol. The van der Waals surface area contributed by atoms with Gasteiger partial charge in [-0.3, -0.25) is 9.59 Å². The van der Waals surface area contributed by atoms with Crippen LogP contribution in [0.5, 0.6) is 0 Å². The van der Waals surface area contributed by atoms with Crippen LogP contribution in [0.2, 0.25) is 5.02 Å². The van der Waals surface area contributed by atoms with Crippen LogP contribution in [0.15, 0.2) is 84.0 Å². The smallest absolute Gasteiger partial charge is 0.337 e. The number of benzene rings is 4. The van der Waals surface area contributed by atoms with Crippen molar-refractivity contribution in [3.8, 4) is 11.1 Å². The Morgan fingerprint density at radius 3 is 2.60 bits per heavy atom. The maximum absolute atomic E-state index is 14.8. The van der Waals surface area contributed by atoms with Gasteiger partial charge < -0.3 is 25.1 Å². The summed E-state index contributed by atoms with van der Waals surface area (Å²) >= 11 is 5.99. The molecule has 11 heteroatoms. The molecular formula is C37H32ClFN4O5. The van der Waals surface area contributed by atoms with Crippen molar-refractivity contribution in [1.29, 1.82) is 0 Å². The number of esters is 1. The molecule has 0 saturated carbocycles. The zero-order valence-electron chi connectivity index (χ0n) is 26.1. The van der Waals surface area contributed by atoms with Gasteiger partial charge in [-0.25, -0.2) is 9.18 Å². The molecule has 7 rings (SSSR count). The number of nitrogens with one attached hydrogen (secondary N) is 2. The Kier molecular flexibility index (Phi) is 8.68. The van der Waals surface area contributed by atoms with Gasteiger partial charge >= 0.3 is 5.97 Å². The molecule has 2 amide bonds. The lowest BCUT2D eigenvalue weighted by atomic mass is 9.84. The van der Waals surface area contributed by atoms with E-state index in [4.69, 9.17) is 21.2 Å². The number of methoxy groups -OCH3 is 1. The summed E-state index contributed by atoms with van der Waals surface area (Å²) in [5.41, 5.74) is 7.56. The van der Waals surface area contributed by atoms with Gasteiger partial charge in [0.05, 0.1) is 23.4 Å². The van der Waals surface area contributed by atoms with Crippen molar-refractivity contribution >= 4 is 40.8 Å². The molecule has 3 aliphatic rings. The second-order valence-electron chi connectivity index (χ2n) is 12.0. The lowest BCUT2D eigenvalue weighted by molar-refractivity contribution is -0.148. The van der Waals surface area contributed by atoms with Gasteiger partial charge in [0, 0.05) is 30.8 Å². The first-order valence-corrected chi connectivity index (χ1v) is 16.1. The Morgan fingerprint density at radius 2 is 1.79 bits per heavy atom. The lowest BCUT2D eigenvalue weighted by Gasteiger charge is -2.38. The molecule has 2 N–H and O–H groups in total. The Balaban J connectivity index is 1.21. The Morgan fingerprint density at radius 1 is 1.00 bits per heavy atom. The predicted octanol–water partition coefficient (Wildman–Crippen LogP) is 5.84. The molecule has 0 aromatic heterocycles. The van der Waals surface area contributed by atoms with Crippen molar-refractivity contribution in [3.05, 3.63) is 123 Å². The third kappa shape index (κ3) is 5.93. The molecule has 244 valence electrons. The standard InChI is InChI=1S/C37H32ClFN4O5/c1-47-37(46)21-10-12-25(13-11-21)41-35(44)34-28-5-2-4-26(23-8-9-24-20-40-16-14-22(24)18-23)27(28)15-17-43(34)36(45)32-19-31(42-48-32)29-6-3-7-30(38)33(29)39/h2-13,18,32,34,40H,14-17,19-20H2,1H3,(H,41,44)/t32-,34-/m1/s1. The highest BCUT2D eigenvalue weighted by Crippen LogP contribution is 2.39. The van der Waals surface area contributed by atoms with Gasteiger partial charge in [0.1, 0.15) is 6.04 Å². The van der Waals surface area contributed by atoms with Crippen molar-refractivity contribution in [2.45, 2.75) is 38.0 Å². The summed E-state index contributed by atoms with van der Waals surface area (Å²) in [5, 5.41) is 10.3. The Hall–Kier alpha value is -5.06. The van der Waals surface area contributed by atoms with Crippen LogP contribution in [0.25, 0.3) is 11.1 Å². The summed E-state index contributed by atoms with van der Waals surface area (Å²) in [4.78, 5) is 47.4. The maximum atomic E-state index is 14.8. The van der Waals surface area contributed by atoms with Crippen LogP contribution in [0.4, 0.5) is 10.1 Å². The van der Waals surface area contributed by atoms with Crippen LogP contribution >= 0.6 is 11.6 Å². The molecule has 4 aromatic rings. The minimum Gasteiger partial charge on any atom is -0.465 e. The zero-order chi connectivity index (χ0) is 33.4. The number of rotatable bonds is 6. The third-order valence-electron chi connectivity index (χ3n) is 9.14. The number of carbonyl (C=O) groups is 3. The first kappa shape index (κ1) is 31.5. The van der Waals surface area contributed by atoms with Crippen LogP contribution in [0.1, 0.15) is 50.6 Å². The lowest BCUT2D eigenvalue weighted by Crippen LogP contribution is -2.49. The first-order valence-electron chi connectivity index (χ1n) is 15.7. The van der Waals surface area contributed by atoms with E-state index in [1.165, 1.54) is 35.3 Å². The van der Waals surface area contributed by atoms with Gasteiger partial charge in [-0.2, -0.15) is 0 Å². The van der Waals surface area contributed by atoms with E-state index >= 15 is 0 Å². The summed E-state index contributed by atoms with van der Waals surface area (Å²) in [7, 11) is 1.30. The van der Waals surface area contributed by atoms with Gasteiger partial charge in [0.25, 0.3) is 11.8 Å². The highest BCUT2D eigenvalue weighted by atomic mass is 35.5. The van der Waals surface area contributed by atoms with Gasteiger partial charge in [0.15, 0.2) is 5.82 Å². The molecule has 9 nitrogen and oxygen atoms in total. The van der Waals surface area contributed by atoms with Crippen LogP contribution in [-0.4, -0.2) is 54.7 Å². The fourth-order valence-electron chi connectivity index (χ4n) is 6.70. The number of ether oxygens (including phenoxy) is 1. The zero-order valence-corrected chi connectivity index (χ0v) is 26.9. The summed E-state index contributed by atoms with van der Waals surface area (Å²) < 4.78 is 19.6. The molecule has 0 aliphatic carbocycles. The van der Waals surface area contributed by atoms with E-state index in [0.29, 0.717) is 23.2 Å². The van der Waals surface area contributed by atoms with Crippen molar-refractivity contribution in [2.75, 3.05) is 25.5 Å². The third-order valence-corrected chi connectivity index (χ3v) is 9.43. The molecule has 3 heterocycles. The van der Waals surface area contributed by atoms with Crippen LogP contribution in [-0.2, 0) is 38.5 Å². The summed E-state index contributed by atoms with van der Waals surface area (Å²) in [6.07, 6.45) is 0.418. The van der Waals surface area contributed by atoms with E-state index in [9.17, 15) is 18.8 Å². The largest absolute Gasteiger partial charge is 0.465 e. The van der Waals surface area contributed by atoms with E-state index in [2.05, 4.69) is 40.1 Å². The minimum absolute atomic E-state index is 0.0206. The molecule has 2 atom stereocenters. The second kappa shape index (κ2) is 13.2. The number of amides is 2. The summed E-state index contributed by atoms with van der Waals surface area (Å²) in [6, 6.07) is 22.2. The normalized spacial score (nSPS) is 18.2. The fourth-order valence-corrected chi connectivity index (χ4v) is 6.88.